The molecule has 0 saturated carbocycles. The summed E-state index contributed by atoms with van der Waals surface area (Å²) in [6.45, 7) is 9.36. The molecule has 3 heteroatoms. The lowest BCUT2D eigenvalue weighted by atomic mass is 10.0. The molecule has 0 amide bonds. The maximum absolute atomic E-state index is 5.66. The lowest BCUT2D eigenvalue weighted by molar-refractivity contribution is 0.0641. The van der Waals surface area contributed by atoms with E-state index in [1.807, 2.05) is 0 Å². The quantitative estimate of drug-likeness (QED) is 0.775. The number of rotatable bonds is 7. The first-order valence-electron chi connectivity index (χ1n) is 7.95. The third-order valence-electron chi connectivity index (χ3n) is 4.08. The predicted molar refractivity (Wildman–Crippen MR) is 83.9 cm³/mol. The maximum atomic E-state index is 5.66. The van der Waals surface area contributed by atoms with E-state index < -0.39 is 0 Å². The fourth-order valence-electron chi connectivity index (χ4n) is 2.87. The summed E-state index contributed by atoms with van der Waals surface area (Å²) in [5.41, 5.74) is 1.39. The Morgan fingerprint density at radius 3 is 2.70 bits per heavy atom. The zero-order valence-corrected chi connectivity index (χ0v) is 12.8. The molecule has 20 heavy (non-hydrogen) atoms. The van der Waals surface area contributed by atoms with Gasteiger partial charge in [0.05, 0.1) is 6.61 Å². The van der Waals surface area contributed by atoms with E-state index in [0.29, 0.717) is 12.1 Å². The van der Waals surface area contributed by atoms with Gasteiger partial charge in [0.25, 0.3) is 0 Å². The monoisotopic (exact) mass is 276 g/mol. The van der Waals surface area contributed by atoms with Gasteiger partial charge in [-0.15, -0.1) is 0 Å². The summed E-state index contributed by atoms with van der Waals surface area (Å²) in [6, 6.07) is 11.9. The minimum Gasteiger partial charge on any atom is -0.380 e. The van der Waals surface area contributed by atoms with E-state index in [1.54, 1.807) is 0 Å². The SMILES string of the molecule is CCCOCCN1CC(c2ccccc2)NCC1CC. The van der Waals surface area contributed by atoms with Gasteiger partial charge in [-0.1, -0.05) is 44.2 Å². The zero-order chi connectivity index (χ0) is 14.2. The minimum absolute atomic E-state index is 0.449. The highest BCUT2D eigenvalue weighted by Crippen LogP contribution is 2.20. The summed E-state index contributed by atoms with van der Waals surface area (Å²) in [7, 11) is 0. The predicted octanol–water partition coefficient (Wildman–Crippen LogP) is 2.84. The second-order valence-corrected chi connectivity index (χ2v) is 5.54. The van der Waals surface area contributed by atoms with Crippen LogP contribution < -0.4 is 5.32 Å². The molecule has 1 heterocycles. The van der Waals surface area contributed by atoms with Crippen LogP contribution in [0.4, 0.5) is 0 Å². The van der Waals surface area contributed by atoms with Gasteiger partial charge in [0.15, 0.2) is 0 Å². The number of nitrogens with zero attached hydrogens (tertiary/aromatic N) is 1. The van der Waals surface area contributed by atoms with E-state index in [-0.39, 0.29) is 0 Å². The number of hydrogen-bond acceptors (Lipinski definition) is 3. The van der Waals surface area contributed by atoms with E-state index in [2.05, 4.69) is 54.4 Å². The molecule has 1 N–H and O–H groups in total. The van der Waals surface area contributed by atoms with E-state index in [4.69, 9.17) is 4.74 Å². The molecule has 3 nitrogen and oxygen atoms in total. The third kappa shape index (κ3) is 4.30. The fourth-order valence-corrected chi connectivity index (χ4v) is 2.87. The van der Waals surface area contributed by atoms with Crippen LogP contribution in [-0.2, 0) is 4.74 Å². The highest BCUT2D eigenvalue weighted by Gasteiger charge is 2.26. The van der Waals surface area contributed by atoms with Crippen molar-refractivity contribution in [2.75, 3.05) is 32.8 Å². The average molecular weight is 276 g/mol. The fraction of sp³-hybridized carbons (Fsp3) is 0.647. The third-order valence-corrected chi connectivity index (χ3v) is 4.08. The number of hydrogen-bond donors (Lipinski definition) is 1. The smallest absolute Gasteiger partial charge is 0.0593 e. The van der Waals surface area contributed by atoms with Crippen LogP contribution in [0.2, 0.25) is 0 Å². The molecule has 1 aliphatic rings. The maximum Gasteiger partial charge on any atom is 0.0593 e. The van der Waals surface area contributed by atoms with Crippen molar-refractivity contribution in [3.8, 4) is 0 Å². The Morgan fingerprint density at radius 1 is 1.20 bits per heavy atom. The van der Waals surface area contributed by atoms with Gasteiger partial charge in [-0.25, -0.2) is 0 Å². The Kier molecular flexibility index (Phi) is 6.51. The molecule has 2 atom stereocenters. The molecule has 0 aliphatic carbocycles. The van der Waals surface area contributed by atoms with Crippen LogP contribution in [0.25, 0.3) is 0 Å². The first kappa shape index (κ1) is 15.5. The van der Waals surface area contributed by atoms with Crippen LogP contribution in [-0.4, -0.2) is 43.8 Å². The van der Waals surface area contributed by atoms with Crippen molar-refractivity contribution in [2.24, 2.45) is 0 Å². The Morgan fingerprint density at radius 2 is 2.00 bits per heavy atom. The first-order chi connectivity index (χ1) is 9.85. The zero-order valence-electron chi connectivity index (χ0n) is 12.8. The molecule has 2 unspecified atom stereocenters. The van der Waals surface area contributed by atoms with Gasteiger partial charge in [-0.3, -0.25) is 4.90 Å². The minimum atomic E-state index is 0.449. The van der Waals surface area contributed by atoms with E-state index in [0.717, 1.165) is 39.3 Å². The van der Waals surface area contributed by atoms with Crippen LogP contribution in [0.1, 0.15) is 38.3 Å². The van der Waals surface area contributed by atoms with Crippen molar-refractivity contribution in [2.45, 2.75) is 38.8 Å². The van der Waals surface area contributed by atoms with Gasteiger partial charge in [0, 0.05) is 38.3 Å². The molecule has 0 radical (unpaired) electrons. The molecule has 1 aromatic carbocycles. The van der Waals surface area contributed by atoms with E-state index in [1.165, 1.54) is 12.0 Å². The molecule has 1 fully saturated rings. The summed E-state index contributed by atoms with van der Waals surface area (Å²) in [5, 5.41) is 3.69. The van der Waals surface area contributed by atoms with Crippen molar-refractivity contribution in [1.82, 2.24) is 10.2 Å². The summed E-state index contributed by atoms with van der Waals surface area (Å²) in [4.78, 5) is 2.59. The lowest BCUT2D eigenvalue weighted by Gasteiger charge is -2.40. The molecular weight excluding hydrogens is 248 g/mol. The lowest BCUT2D eigenvalue weighted by Crippen LogP contribution is -2.53. The van der Waals surface area contributed by atoms with Gasteiger partial charge in [-0.05, 0) is 18.4 Å². The van der Waals surface area contributed by atoms with Crippen molar-refractivity contribution in [3.05, 3.63) is 35.9 Å². The van der Waals surface area contributed by atoms with Crippen LogP contribution in [0.3, 0.4) is 0 Å². The van der Waals surface area contributed by atoms with Crippen LogP contribution in [0.15, 0.2) is 30.3 Å². The summed E-state index contributed by atoms with van der Waals surface area (Å²) < 4.78 is 5.66. The van der Waals surface area contributed by atoms with Gasteiger partial charge in [0.1, 0.15) is 0 Å². The highest BCUT2D eigenvalue weighted by atomic mass is 16.5. The number of ether oxygens (including phenoxy) is 1. The average Bonchev–Trinajstić information content (AvgIpc) is 2.52. The van der Waals surface area contributed by atoms with Crippen LogP contribution >= 0.6 is 0 Å². The van der Waals surface area contributed by atoms with Gasteiger partial charge in [-0.2, -0.15) is 0 Å². The normalized spacial score (nSPS) is 23.9. The molecule has 0 bridgehead atoms. The van der Waals surface area contributed by atoms with E-state index >= 15 is 0 Å². The van der Waals surface area contributed by atoms with Crippen molar-refractivity contribution in [1.29, 1.82) is 0 Å². The largest absolute Gasteiger partial charge is 0.380 e. The van der Waals surface area contributed by atoms with Gasteiger partial charge in [0.2, 0.25) is 0 Å². The van der Waals surface area contributed by atoms with Crippen molar-refractivity contribution < 1.29 is 4.74 Å². The topological polar surface area (TPSA) is 24.5 Å². The highest BCUT2D eigenvalue weighted by molar-refractivity contribution is 5.20. The number of piperazine rings is 1. The second-order valence-electron chi connectivity index (χ2n) is 5.54. The number of benzene rings is 1. The first-order valence-corrected chi connectivity index (χ1v) is 7.95. The van der Waals surface area contributed by atoms with Crippen LogP contribution in [0.5, 0.6) is 0 Å². The van der Waals surface area contributed by atoms with Gasteiger partial charge < -0.3 is 10.1 Å². The Bertz CT molecular complexity index is 369. The molecular formula is C17H28N2O. The molecule has 2 rings (SSSR count). The molecule has 112 valence electrons. The Labute approximate surface area is 123 Å². The van der Waals surface area contributed by atoms with Crippen molar-refractivity contribution >= 4 is 0 Å². The van der Waals surface area contributed by atoms with Crippen molar-refractivity contribution in [3.63, 3.8) is 0 Å². The summed E-state index contributed by atoms with van der Waals surface area (Å²) in [5.74, 6) is 0. The summed E-state index contributed by atoms with van der Waals surface area (Å²) >= 11 is 0. The van der Waals surface area contributed by atoms with E-state index in [9.17, 15) is 0 Å². The second kappa shape index (κ2) is 8.40. The van der Waals surface area contributed by atoms with Crippen LogP contribution in [0, 0.1) is 0 Å². The number of nitrogens with one attached hydrogen (secondary N) is 1. The molecule has 1 saturated heterocycles. The van der Waals surface area contributed by atoms with Gasteiger partial charge >= 0.3 is 0 Å². The summed E-state index contributed by atoms with van der Waals surface area (Å²) in [6.07, 6.45) is 2.30. The molecule has 1 aliphatic heterocycles. The molecule has 1 aromatic rings. The Balaban J connectivity index is 1.89. The molecule has 0 aromatic heterocycles. The molecule has 0 spiro atoms. The standard InChI is InChI=1S/C17H28N2O/c1-3-11-20-12-10-19-14-17(18-13-16(19)4-2)15-8-6-5-7-9-15/h5-9,16-18H,3-4,10-14H2,1-2H3. The Hall–Kier alpha value is -0.900.